The average molecular weight is 572 g/mol. The van der Waals surface area contributed by atoms with Crippen LogP contribution in [-0.4, -0.2) is 22.2 Å². The van der Waals surface area contributed by atoms with E-state index in [2.05, 4.69) is 40.0 Å². The van der Waals surface area contributed by atoms with Gasteiger partial charge in [-0.15, -0.1) is 0 Å². The number of aryl methyl sites for hydroxylation is 1. The summed E-state index contributed by atoms with van der Waals surface area (Å²) in [6.45, 7) is 3.71. The Morgan fingerprint density at radius 2 is 1.70 bits per heavy atom. The van der Waals surface area contributed by atoms with Gasteiger partial charge in [-0.05, 0) is 85.3 Å². The predicted octanol–water partition coefficient (Wildman–Crippen LogP) is 6.56. The fourth-order valence-corrected chi connectivity index (χ4v) is 5.26. The highest BCUT2D eigenvalue weighted by Crippen LogP contribution is 2.34. The molecule has 1 atom stereocenters. The first-order chi connectivity index (χ1) is 21.1. The van der Waals surface area contributed by atoms with Crippen molar-refractivity contribution in [2.75, 3.05) is 11.9 Å². The van der Waals surface area contributed by atoms with Gasteiger partial charge < -0.3 is 21.1 Å². The second-order valence-corrected chi connectivity index (χ2v) is 11.1. The Labute approximate surface area is 252 Å². The van der Waals surface area contributed by atoms with Crippen LogP contribution in [0.4, 0.5) is 5.69 Å². The predicted molar refractivity (Wildman–Crippen MR) is 170 cm³/mol. The van der Waals surface area contributed by atoms with Gasteiger partial charge in [0.25, 0.3) is 5.91 Å². The monoisotopic (exact) mass is 571 g/mol. The minimum Gasteiger partial charge on any atom is -0.489 e. The lowest BCUT2D eigenvalue weighted by atomic mass is 9.97. The van der Waals surface area contributed by atoms with Crippen molar-refractivity contribution in [3.05, 3.63) is 143 Å². The summed E-state index contributed by atoms with van der Waals surface area (Å²) in [6, 6.07) is 35.9. The molecule has 0 radical (unpaired) electrons. The van der Waals surface area contributed by atoms with Crippen LogP contribution in [0.1, 0.15) is 57.3 Å². The molecule has 0 saturated heterocycles. The lowest BCUT2D eigenvalue weighted by Gasteiger charge is -2.23. The van der Waals surface area contributed by atoms with Crippen molar-refractivity contribution >= 4 is 11.6 Å². The van der Waals surface area contributed by atoms with Crippen LogP contribution >= 0.6 is 0 Å². The van der Waals surface area contributed by atoms with E-state index in [0.717, 1.165) is 45.9 Å². The second kappa shape index (κ2) is 13.1. The first kappa shape index (κ1) is 28.4. The molecule has 6 rings (SSSR count). The molecule has 7 heteroatoms. The van der Waals surface area contributed by atoms with Gasteiger partial charge in [0.05, 0.1) is 17.4 Å². The number of benzene rings is 4. The van der Waals surface area contributed by atoms with E-state index in [0.29, 0.717) is 30.5 Å². The minimum absolute atomic E-state index is 0.101. The Morgan fingerprint density at radius 3 is 2.51 bits per heavy atom. The molecule has 5 aromatic rings. The van der Waals surface area contributed by atoms with Crippen molar-refractivity contribution in [1.82, 2.24) is 15.1 Å². The topological polar surface area (TPSA) is 94.2 Å². The molecule has 1 aromatic heterocycles. The highest BCUT2D eigenvalue weighted by molar-refractivity contribution is 6.03. The van der Waals surface area contributed by atoms with Crippen LogP contribution in [0.2, 0.25) is 0 Å². The normalized spacial score (nSPS) is 13.4. The van der Waals surface area contributed by atoms with Crippen molar-refractivity contribution in [2.45, 2.75) is 39.0 Å². The molecule has 1 fully saturated rings. The van der Waals surface area contributed by atoms with E-state index in [1.54, 1.807) is 10.7 Å². The summed E-state index contributed by atoms with van der Waals surface area (Å²) < 4.78 is 8.02. The number of amides is 1. The Morgan fingerprint density at radius 1 is 0.930 bits per heavy atom. The van der Waals surface area contributed by atoms with Crippen LogP contribution in [0.3, 0.4) is 0 Å². The van der Waals surface area contributed by atoms with Crippen molar-refractivity contribution < 1.29 is 9.53 Å². The largest absolute Gasteiger partial charge is 0.489 e. The molecule has 0 aliphatic heterocycles. The zero-order chi connectivity index (χ0) is 29.6. The van der Waals surface area contributed by atoms with E-state index in [9.17, 15) is 4.79 Å². The molecule has 0 bridgehead atoms. The van der Waals surface area contributed by atoms with E-state index >= 15 is 0 Å². The number of carbonyl (C=O) groups is 1. The first-order valence-corrected chi connectivity index (χ1v) is 14.8. The van der Waals surface area contributed by atoms with Crippen LogP contribution in [0.15, 0.2) is 109 Å². The van der Waals surface area contributed by atoms with Crippen LogP contribution in [0, 0.1) is 12.8 Å². The van der Waals surface area contributed by atoms with Crippen LogP contribution < -0.4 is 21.1 Å². The maximum atomic E-state index is 13.6. The van der Waals surface area contributed by atoms with E-state index in [-0.39, 0.29) is 11.9 Å². The van der Waals surface area contributed by atoms with Gasteiger partial charge in [-0.2, -0.15) is 5.10 Å². The van der Waals surface area contributed by atoms with Gasteiger partial charge in [0.2, 0.25) is 0 Å². The number of carbonyl (C=O) groups excluding carboxylic acids is 1. The summed E-state index contributed by atoms with van der Waals surface area (Å²) in [4.78, 5) is 13.6. The van der Waals surface area contributed by atoms with E-state index in [1.807, 2.05) is 85.8 Å². The standard InChI is InChI=1S/C36H37N5O2/c1-25-19-33(41(40-25)31-14-7-11-28(20-31)22-37)36(42)39-30-13-8-12-29(21-30)35(38-23-26-17-18-26)32-15-5-6-16-34(32)43-24-27-9-3-2-4-10-27/h2-16,19-21,26,35,38H,17-18,22-24,37H2,1H3,(H,39,42). The molecule has 1 aliphatic rings. The molecule has 4 aromatic carbocycles. The summed E-state index contributed by atoms with van der Waals surface area (Å²) in [6.07, 6.45) is 2.51. The molecule has 218 valence electrons. The number of nitrogens with one attached hydrogen (secondary N) is 2. The first-order valence-electron chi connectivity index (χ1n) is 14.8. The Hall–Kier alpha value is -4.72. The van der Waals surface area contributed by atoms with Crippen molar-refractivity contribution in [3.8, 4) is 11.4 Å². The average Bonchev–Trinajstić information content (AvgIpc) is 3.79. The molecule has 7 nitrogen and oxygen atoms in total. The van der Waals surface area contributed by atoms with Gasteiger partial charge in [-0.3, -0.25) is 4.79 Å². The Bertz CT molecular complexity index is 1690. The SMILES string of the molecule is Cc1cc(C(=O)Nc2cccc(C(NCC3CC3)c3ccccc3OCc3ccccc3)c2)n(-c2cccc(CN)c2)n1. The highest BCUT2D eigenvalue weighted by Gasteiger charge is 2.25. The third-order valence-corrected chi connectivity index (χ3v) is 7.71. The van der Waals surface area contributed by atoms with Crippen LogP contribution in [0.5, 0.6) is 5.75 Å². The number of para-hydroxylation sites is 1. The zero-order valence-corrected chi connectivity index (χ0v) is 24.4. The van der Waals surface area contributed by atoms with Crippen molar-refractivity contribution in [2.24, 2.45) is 11.7 Å². The van der Waals surface area contributed by atoms with Gasteiger partial charge in [0.1, 0.15) is 18.1 Å². The number of nitrogens with two attached hydrogens (primary N) is 1. The number of nitrogens with zero attached hydrogens (tertiary/aromatic N) is 2. The number of anilines is 1. The van der Waals surface area contributed by atoms with E-state index in [1.165, 1.54) is 12.8 Å². The number of aromatic nitrogens is 2. The van der Waals surface area contributed by atoms with Gasteiger partial charge in [-0.1, -0.05) is 72.8 Å². The quantitative estimate of drug-likeness (QED) is 0.158. The lowest BCUT2D eigenvalue weighted by molar-refractivity contribution is 0.101. The van der Waals surface area contributed by atoms with Crippen molar-refractivity contribution in [1.29, 1.82) is 0 Å². The van der Waals surface area contributed by atoms with Crippen LogP contribution in [0.25, 0.3) is 5.69 Å². The smallest absolute Gasteiger partial charge is 0.274 e. The summed E-state index contributed by atoms with van der Waals surface area (Å²) in [5.74, 6) is 1.31. The van der Waals surface area contributed by atoms with E-state index in [4.69, 9.17) is 10.5 Å². The molecule has 1 saturated carbocycles. The number of hydrogen-bond donors (Lipinski definition) is 3. The summed E-state index contributed by atoms with van der Waals surface area (Å²) in [5.41, 5.74) is 12.8. The summed E-state index contributed by atoms with van der Waals surface area (Å²) in [7, 11) is 0. The van der Waals surface area contributed by atoms with Crippen molar-refractivity contribution in [3.63, 3.8) is 0 Å². The molecule has 1 aliphatic carbocycles. The van der Waals surface area contributed by atoms with Gasteiger partial charge in [0, 0.05) is 17.8 Å². The fourth-order valence-electron chi connectivity index (χ4n) is 5.26. The molecule has 1 unspecified atom stereocenters. The van der Waals surface area contributed by atoms with Crippen LogP contribution in [-0.2, 0) is 13.2 Å². The Balaban J connectivity index is 1.26. The Kier molecular flexibility index (Phi) is 8.63. The molecule has 43 heavy (non-hydrogen) atoms. The number of hydrogen-bond acceptors (Lipinski definition) is 5. The maximum absolute atomic E-state index is 13.6. The highest BCUT2D eigenvalue weighted by atomic mass is 16.5. The number of rotatable bonds is 12. The lowest BCUT2D eigenvalue weighted by Crippen LogP contribution is -2.25. The molecule has 4 N–H and O–H groups in total. The zero-order valence-electron chi connectivity index (χ0n) is 24.4. The molecular formula is C36H37N5O2. The summed E-state index contributed by atoms with van der Waals surface area (Å²) in [5, 5.41) is 11.5. The minimum atomic E-state index is -0.231. The van der Waals surface area contributed by atoms with Gasteiger partial charge in [0.15, 0.2) is 0 Å². The third-order valence-electron chi connectivity index (χ3n) is 7.71. The van der Waals surface area contributed by atoms with Gasteiger partial charge in [-0.25, -0.2) is 4.68 Å². The second-order valence-electron chi connectivity index (χ2n) is 11.1. The third kappa shape index (κ3) is 7.02. The number of ether oxygens (including phenoxy) is 1. The molecule has 0 spiro atoms. The molecule has 1 heterocycles. The van der Waals surface area contributed by atoms with Gasteiger partial charge >= 0.3 is 0 Å². The molecule has 1 amide bonds. The maximum Gasteiger partial charge on any atom is 0.274 e. The fraction of sp³-hybridized carbons (Fsp3) is 0.222. The molecular weight excluding hydrogens is 534 g/mol. The van der Waals surface area contributed by atoms with E-state index < -0.39 is 0 Å². The summed E-state index contributed by atoms with van der Waals surface area (Å²) >= 11 is 0.